The Hall–Kier alpha value is -2.07. The summed E-state index contributed by atoms with van der Waals surface area (Å²) in [6.45, 7) is 8.04. The smallest absolute Gasteiger partial charge is 0.122 e. The summed E-state index contributed by atoms with van der Waals surface area (Å²) in [6.07, 6.45) is 3.72. The van der Waals surface area contributed by atoms with Gasteiger partial charge in [-0.15, -0.1) is 0 Å². The SMILES string of the molecule is COc1cc(C)c2c(c1C(C)C)C(CN)N(c1cccnc1)C2. The van der Waals surface area contributed by atoms with Crippen LogP contribution in [0.2, 0.25) is 0 Å². The Morgan fingerprint density at radius 2 is 2.22 bits per heavy atom. The maximum Gasteiger partial charge on any atom is 0.122 e. The summed E-state index contributed by atoms with van der Waals surface area (Å²) in [5.41, 5.74) is 12.6. The van der Waals surface area contributed by atoms with E-state index < -0.39 is 0 Å². The molecule has 1 aliphatic rings. The first-order valence-electron chi connectivity index (χ1n) is 8.15. The van der Waals surface area contributed by atoms with Crippen LogP contribution in [0.15, 0.2) is 30.6 Å². The molecule has 1 unspecified atom stereocenters. The van der Waals surface area contributed by atoms with E-state index in [4.69, 9.17) is 10.5 Å². The van der Waals surface area contributed by atoms with Crippen molar-refractivity contribution in [3.05, 3.63) is 52.8 Å². The minimum Gasteiger partial charge on any atom is -0.496 e. The van der Waals surface area contributed by atoms with Gasteiger partial charge in [-0.2, -0.15) is 0 Å². The molecule has 1 aromatic heterocycles. The van der Waals surface area contributed by atoms with Crippen LogP contribution in [-0.4, -0.2) is 18.6 Å². The first-order chi connectivity index (χ1) is 11.1. The van der Waals surface area contributed by atoms with E-state index in [0.29, 0.717) is 12.5 Å². The zero-order valence-corrected chi connectivity index (χ0v) is 14.3. The van der Waals surface area contributed by atoms with E-state index in [0.717, 1.165) is 18.0 Å². The van der Waals surface area contributed by atoms with Crippen molar-refractivity contribution in [3.8, 4) is 5.75 Å². The van der Waals surface area contributed by atoms with Gasteiger partial charge in [0, 0.05) is 24.8 Å². The first kappa shape index (κ1) is 15.8. The average Bonchev–Trinajstić information content (AvgIpc) is 2.94. The average molecular weight is 311 g/mol. The number of rotatable bonds is 4. The molecule has 0 saturated heterocycles. The quantitative estimate of drug-likeness (QED) is 0.938. The molecule has 2 aromatic rings. The maximum atomic E-state index is 6.18. The third-order valence-electron chi connectivity index (χ3n) is 4.74. The van der Waals surface area contributed by atoms with E-state index in [1.807, 2.05) is 12.3 Å². The number of nitrogens with zero attached hydrogens (tertiary/aromatic N) is 2. The summed E-state index contributed by atoms with van der Waals surface area (Å²) in [4.78, 5) is 6.62. The Labute approximate surface area is 138 Å². The number of anilines is 1. The molecule has 2 N–H and O–H groups in total. The highest BCUT2D eigenvalue weighted by Crippen LogP contribution is 2.45. The van der Waals surface area contributed by atoms with Crippen molar-refractivity contribution in [3.63, 3.8) is 0 Å². The highest BCUT2D eigenvalue weighted by molar-refractivity contribution is 5.61. The molecule has 4 heteroatoms. The zero-order valence-electron chi connectivity index (χ0n) is 14.3. The molecule has 1 atom stereocenters. The van der Waals surface area contributed by atoms with Gasteiger partial charge in [-0.05, 0) is 47.7 Å². The van der Waals surface area contributed by atoms with Gasteiger partial charge >= 0.3 is 0 Å². The van der Waals surface area contributed by atoms with Crippen molar-refractivity contribution >= 4 is 5.69 Å². The van der Waals surface area contributed by atoms with Crippen molar-refractivity contribution in [1.82, 2.24) is 4.98 Å². The Kier molecular flexibility index (Phi) is 4.26. The van der Waals surface area contributed by atoms with E-state index in [1.54, 1.807) is 13.3 Å². The number of benzene rings is 1. The lowest BCUT2D eigenvalue weighted by Crippen LogP contribution is -2.28. The van der Waals surface area contributed by atoms with E-state index in [1.165, 1.54) is 22.3 Å². The van der Waals surface area contributed by atoms with Gasteiger partial charge in [0.25, 0.3) is 0 Å². The van der Waals surface area contributed by atoms with Gasteiger partial charge in [-0.1, -0.05) is 13.8 Å². The molecule has 4 nitrogen and oxygen atoms in total. The topological polar surface area (TPSA) is 51.4 Å². The molecule has 0 amide bonds. The van der Waals surface area contributed by atoms with Crippen LogP contribution in [-0.2, 0) is 6.54 Å². The summed E-state index contributed by atoms with van der Waals surface area (Å²) in [7, 11) is 1.75. The number of aryl methyl sites for hydroxylation is 1. The molecule has 122 valence electrons. The lowest BCUT2D eigenvalue weighted by atomic mass is 9.88. The van der Waals surface area contributed by atoms with Crippen LogP contribution < -0.4 is 15.4 Å². The number of hydrogen-bond donors (Lipinski definition) is 1. The predicted molar refractivity (Wildman–Crippen MR) is 94.0 cm³/mol. The molecule has 1 aliphatic heterocycles. The predicted octanol–water partition coefficient (Wildman–Crippen LogP) is 3.54. The van der Waals surface area contributed by atoms with Crippen LogP contribution in [0.3, 0.4) is 0 Å². The van der Waals surface area contributed by atoms with Crippen LogP contribution in [0.4, 0.5) is 5.69 Å². The number of nitrogens with two attached hydrogens (primary N) is 1. The number of pyridine rings is 1. The number of aromatic nitrogens is 1. The first-order valence-corrected chi connectivity index (χ1v) is 8.15. The molecular weight excluding hydrogens is 286 g/mol. The van der Waals surface area contributed by atoms with E-state index in [-0.39, 0.29) is 6.04 Å². The second-order valence-electron chi connectivity index (χ2n) is 6.45. The van der Waals surface area contributed by atoms with Crippen molar-refractivity contribution in [2.24, 2.45) is 5.73 Å². The maximum absolute atomic E-state index is 6.18. The Morgan fingerprint density at radius 1 is 1.43 bits per heavy atom. The fraction of sp³-hybridized carbons (Fsp3) is 0.421. The van der Waals surface area contributed by atoms with Crippen LogP contribution in [0.5, 0.6) is 5.75 Å². The molecule has 0 aliphatic carbocycles. The lowest BCUT2D eigenvalue weighted by Gasteiger charge is -2.27. The van der Waals surface area contributed by atoms with Gasteiger partial charge in [0.1, 0.15) is 5.75 Å². The highest BCUT2D eigenvalue weighted by Gasteiger charge is 2.35. The number of hydrogen-bond acceptors (Lipinski definition) is 4. The number of ether oxygens (including phenoxy) is 1. The molecule has 0 fully saturated rings. The fourth-order valence-corrected chi connectivity index (χ4v) is 3.70. The number of fused-ring (bicyclic) bond motifs is 1. The number of methoxy groups -OCH3 is 1. The lowest BCUT2D eigenvalue weighted by molar-refractivity contribution is 0.406. The second-order valence-corrected chi connectivity index (χ2v) is 6.45. The van der Waals surface area contributed by atoms with Gasteiger partial charge in [0.2, 0.25) is 0 Å². The van der Waals surface area contributed by atoms with Crippen molar-refractivity contribution in [2.75, 3.05) is 18.6 Å². The van der Waals surface area contributed by atoms with E-state index in [9.17, 15) is 0 Å². The summed E-state index contributed by atoms with van der Waals surface area (Å²) in [5, 5.41) is 0. The Morgan fingerprint density at radius 3 is 2.78 bits per heavy atom. The largest absolute Gasteiger partial charge is 0.496 e. The minimum absolute atomic E-state index is 0.167. The van der Waals surface area contributed by atoms with Crippen molar-refractivity contribution < 1.29 is 4.74 Å². The summed E-state index contributed by atoms with van der Waals surface area (Å²) in [5.74, 6) is 1.37. The van der Waals surface area contributed by atoms with Crippen LogP contribution >= 0.6 is 0 Å². The van der Waals surface area contributed by atoms with Crippen LogP contribution in [0.25, 0.3) is 0 Å². The monoisotopic (exact) mass is 311 g/mol. The summed E-state index contributed by atoms with van der Waals surface area (Å²) < 4.78 is 5.67. The minimum atomic E-state index is 0.167. The van der Waals surface area contributed by atoms with Crippen molar-refractivity contribution in [2.45, 2.75) is 39.3 Å². The fourth-order valence-electron chi connectivity index (χ4n) is 3.70. The molecule has 0 radical (unpaired) electrons. The standard InChI is InChI=1S/C19H25N3O/c1-12(2)18-17(23-4)8-13(3)15-11-22(16(9-20)19(15)18)14-6-5-7-21-10-14/h5-8,10,12,16H,9,11,20H2,1-4H3. The Balaban J connectivity index is 2.18. The van der Waals surface area contributed by atoms with Gasteiger partial charge in [-0.25, -0.2) is 0 Å². The highest BCUT2D eigenvalue weighted by atomic mass is 16.5. The molecule has 23 heavy (non-hydrogen) atoms. The molecule has 1 aromatic carbocycles. The summed E-state index contributed by atoms with van der Waals surface area (Å²) in [6, 6.07) is 6.40. The third kappa shape index (κ3) is 2.57. The van der Waals surface area contributed by atoms with E-state index >= 15 is 0 Å². The van der Waals surface area contributed by atoms with Crippen LogP contribution in [0.1, 0.15) is 48.1 Å². The van der Waals surface area contributed by atoms with Crippen molar-refractivity contribution in [1.29, 1.82) is 0 Å². The van der Waals surface area contributed by atoms with Gasteiger partial charge < -0.3 is 15.4 Å². The molecule has 0 spiro atoms. The molecule has 0 bridgehead atoms. The second kappa shape index (κ2) is 6.20. The normalized spacial score (nSPS) is 16.8. The zero-order chi connectivity index (χ0) is 16.6. The summed E-state index contributed by atoms with van der Waals surface area (Å²) >= 11 is 0. The molecule has 3 rings (SSSR count). The van der Waals surface area contributed by atoms with Crippen LogP contribution in [0, 0.1) is 6.92 Å². The van der Waals surface area contributed by atoms with Gasteiger partial charge in [0.15, 0.2) is 0 Å². The third-order valence-corrected chi connectivity index (χ3v) is 4.74. The van der Waals surface area contributed by atoms with Gasteiger partial charge in [0.05, 0.1) is 25.0 Å². The molecular formula is C19H25N3O. The Bertz CT molecular complexity index is 698. The molecule has 2 heterocycles. The van der Waals surface area contributed by atoms with E-state index in [2.05, 4.69) is 42.8 Å². The molecule has 0 saturated carbocycles. The van der Waals surface area contributed by atoms with Gasteiger partial charge in [-0.3, -0.25) is 4.98 Å².